The van der Waals surface area contributed by atoms with Crippen LogP contribution in [-0.2, 0) is 27.9 Å². The normalized spacial score (nSPS) is 27.8. The maximum Gasteiger partial charge on any atom is 0.472 e. The van der Waals surface area contributed by atoms with E-state index in [-0.39, 0.29) is 4.77 Å². The topological polar surface area (TPSA) is 182 Å². The lowest BCUT2D eigenvalue weighted by Gasteiger charge is -2.28. The van der Waals surface area contributed by atoms with E-state index in [4.69, 9.17) is 21.5 Å². The predicted molar refractivity (Wildman–Crippen MR) is 108 cm³/mol. The van der Waals surface area contributed by atoms with E-state index in [1.807, 2.05) is 0 Å². The Morgan fingerprint density at radius 2 is 2.09 bits per heavy atom. The summed E-state index contributed by atoms with van der Waals surface area (Å²) in [7, 11) is -3.80. The summed E-state index contributed by atoms with van der Waals surface area (Å²) in [5.74, 6) is -2.30. The number of alkyl halides is 3. The van der Waals surface area contributed by atoms with Crippen molar-refractivity contribution in [2.45, 2.75) is 43.2 Å². The van der Waals surface area contributed by atoms with Crippen LogP contribution in [-0.4, -0.2) is 87.5 Å². The number of ether oxygens (including phenoxy) is 2. The Hall–Kier alpha value is -1.69. The number of halogens is 3. The van der Waals surface area contributed by atoms with Gasteiger partial charge in [-0.2, -0.15) is 13.2 Å². The van der Waals surface area contributed by atoms with Gasteiger partial charge in [0.2, 0.25) is 0 Å². The molecule has 1 aliphatic heterocycles. The van der Waals surface area contributed by atoms with Gasteiger partial charge in [0.25, 0.3) is 5.56 Å². The SMILES string of the molecule is COC[C@@H](COP(=O)(O)OC[C@H]1O[C@@H](n2ccc(=O)[nH]c2=S)C(C)(O)[C@H]1O)NC(=O)C(F)(F)F. The monoisotopic (exact) mass is 537 g/mol. The van der Waals surface area contributed by atoms with Gasteiger partial charge in [-0.3, -0.25) is 28.2 Å². The van der Waals surface area contributed by atoms with E-state index in [1.54, 1.807) is 5.32 Å². The van der Waals surface area contributed by atoms with Gasteiger partial charge in [-0.25, -0.2) is 4.57 Å². The largest absolute Gasteiger partial charge is 0.472 e. The molecule has 2 heterocycles. The second-order valence-corrected chi connectivity index (χ2v) is 9.24. The minimum atomic E-state index is -5.19. The molecule has 0 bridgehead atoms. The molecule has 5 N–H and O–H groups in total. The molecule has 0 aliphatic carbocycles. The summed E-state index contributed by atoms with van der Waals surface area (Å²) < 4.78 is 69.9. The van der Waals surface area contributed by atoms with E-state index in [2.05, 4.69) is 14.2 Å². The molecule has 0 aromatic carbocycles. The van der Waals surface area contributed by atoms with Crippen LogP contribution in [0.1, 0.15) is 13.2 Å². The molecule has 13 nitrogen and oxygen atoms in total. The Balaban J connectivity index is 2.01. The molecule has 1 amide bonds. The highest BCUT2D eigenvalue weighted by Gasteiger charge is 2.53. The Morgan fingerprint density at radius 3 is 2.65 bits per heavy atom. The number of H-pyrrole nitrogens is 1. The van der Waals surface area contributed by atoms with Gasteiger partial charge in [0.1, 0.15) is 17.8 Å². The minimum absolute atomic E-state index is 0.132. The van der Waals surface area contributed by atoms with Crippen molar-refractivity contribution in [3.63, 3.8) is 0 Å². The number of hydrogen-bond donors (Lipinski definition) is 5. The van der Waals surface area contributed by atoms with Crippen LogP contribution in [0.3, 0.4) is 0 Å². The smallest absolute Gasteiger partial charge is 0.387 e. The van der Waals surface area contributed by atoms with Crippen molar-refractivity contribution in [2.24, 2.45) is 0 Å². The highest BCUT2D eigenvalue weighted by Crippen LogP contribution is 2.45. The standard InChI is InChI=1S/C16H23F3N3O10PS/c1-15(26)11(24)9(32-13(15)22-4-3-10(23)21-14(22)34)7-31-33(27,28)30-6-8(5-29-2)20-12(25)16(17,18)19/h3-4,8-9,11,13,24,26H,5-7H2,1-2H3,(H,20,25)(H,27,28)(H,21,23,34)/t8-,9+,11-,13+,15?/m0/s1. The number of hydrogen-bond acceptors (Lipinski definition) is 10. The van der Waals surface area contributed by atoms with Crippen molar-refractivity contribution >= 4 is 25.9 Å². The zero-order valence-electron chi connectivity index (χ0n) is 17.7. The summed E-state index contributed by atoms with van der Waals surface area (Å²) >= 11 is 5.00. The third-order valence-corrected chi connectivity index (χ3v) is 5.92. The number of aliphatic hydroxyl groups is 2. The van der Waals surface area contributed by atoms with Crippen molar-refractivity contribution in [1.82, 2.24) is 14.9 Å². The zero-order valence-corrected chi connectivity index (χ0v) is 19.4. The van der Waals surface area contributed by atoms with Gasteiger partial charge in [0.15, 0.2) is 11.0 Å². The third-order valence-electron chi connectivity index (χ3n) is 4.66. The lowest BCUT2D eigenvalue weighted by molar-refractivity contribution is -0.175. The van der Waals surface area contributed by atoms with Gasteiger partial charge < -0.3 is 29.9 Å². The van der Waals surface area contributed by atoms with Gasteiger partial charge in [-0.1, -0.05) is 0 Å². The highest BCUT2D eigenvalue weighted by molar-refractivity contribution is 7.71. The molecule has 0 spiro atoms. The molecule has 1 aromatic heterocycles. The average molecular weight is 537 g/mol. The number of carbonyl (C=O) groups is 1. The fourth-order valence-electron chi connectivity index (χ4n) is 2.98. The Labute approximate surface area is 195 Å². The van der Waals surface area contributed by atoms with Gasteiger partial charge in [-0.15, -0.1) is 0 Å². The molecule has 18 heteroatoms. The number of nitrogens with zero attached hydrogens (tertiary/aromatic N) is 1. The first-order valence-corrected chi connectivity index (χ1v) is 11.3. The summed E-state index contributed by atoms with van der Waals surface area (Å²) in [6, 6.07) is -0.349. The first-order chi connectivity index (χ1) is 15.6. The second kappa shape index (κ2) is 10.9. The van der Waals surface area contributed by atoms with Crippen LogP contribution in [0.5, 0.6) is 0 Å². The number of nitrogens with one attached hydrogen (secondary N) is 2. The Morgan fingerprint density at radius 1 is 1.44 bits per heavy atom. The van der Waals surface area contributed by atoms with Crippen LogP contribution in [0.2, 0.25) is 0 Å². The molecule has 1 fully saturated rings. The molecule has 194 valence electrons. The quantitative estimate of drug-likeness (QED) is 0.196. The van der Waals surface area contributed by atoms with Gasteiger partial charge in [0, 0.05) is 19.4 Å². The first-order valence-electron chi connectivity index (χ1n) is 9.44. The van der Waals surface area contributed by atoms with E-state index in [1.165, 1.54) is 13.1 Å². The summed E-state index contributed by atoms with van der Waals surface area (Å²) in [5.41, 5.74) is -2.49. The number of aromatic amines is 1. The molecule has 2 unspecified atom stereocenters. The van der Waals surface area contributed by atoms with E-state index in [0.717, 1.165) is 17.7 Å². The number of phosphoric acid groups is 1. The number of rotatable bonds is 10. The van der Waals surface area contributed by atoms with E-state index >= 15 is 0 Å². The molecule has 1 aliphatic rings. The number of amides is 1. The lowest BCUT2D eigenvalue weighted by atomic mass is 9.96. The van der Waals surface area contributed by atoms with Crippen LogP contribution in [0.4, 0.5) is 13.2 Å². The number of carbonyl (C=O) groups excluding carboxylic acids is 1. The molecule has 0 saturated carbocycles. The van der Waals surface area contributed by atoms with Crippen molar-refractivity contribution in [3.05, 3.63) is 27.4 Å². The number of phosphoric ester groups is 1. The van der Waals surface area contributed by atoms with Crippen LogP contribution in [0.15, 0.2) is 17.1 Å². The summed E-state index contributed by atoms with van der Waals surface area (Å²) in [5, 5.41) is 22.6. The minimum Gasteiger partial charge on any atom is -0.387 e. The third kappa shape index (κ3) is 7.16. The fraction of sp³-hybridized carbons (Fsp3) is 0.688. The van der Waals surface area contributed by atoms with Gasteiger partial charge >= 0.3 is 19.9 Å². The lowest BCUT2D eigenvalue weighted by Crippen LogP contribution is -2.47. The summed E-state index contributed by atoms with van der Waals surface area (Å²) in [6.45, 7) is -0.952. The second-order valence-electron chi connectivity index (χ2n) is 7.40. The molecule has 1 saturated heterocycles. The van der Waals surface area contributed by atoms with E-state index < -0.39 is 75.4 Å². The Bertz CT molecular complexity index is 1030. The van der Waals surface area contributed by atoms with Crippen molar-refractivity contribution in [1.29, 1.82) is 0 Å². The van der Waals surface area contributed by atoms with Crippen LogP contribution >= 0.6 is 20.0 Å². The van der Waals surface area contributed by atoms with E-state index in [0.29, 0.717) is 0 Å². The van der Waals surface area contributed by atoms with Crippen molar-refractivity contribution < 1.29 is 56.2 Å². The number of aliphatic hydroxyl groups excluding tert-OH is 1. The molecule has 0 radical (unpaired) electrons. The summed E-state index contributed by atoms with van der Waals surface area (Å²) in [6.07, 6.45) is -8.33. The molecule has 6 atom stereocenters. The van der Waals surface area contributed by atoms with Gasteiger partial charge in [-0.05, 0) is 19.1 Å². The fourth-order valence-corrected chi connectivity index (χ4v) is 4.01. The number of aromatic nitrogens is 2. The maximum atomic E-state index is 12.4. The molecular formula is C16H23F3N3O10PS. The van der Waals surface area contributed by atoms with Crippen molar-refractivity contribution in [2.75, 3.05) is 26.9 Å². The van der Waals surface area contributed by atoms with E-state index in [9.17, 15) is 42.4 Å². The molecule has 1 aromatic rings. The maximum absolute atomic E-state index is 12.4. The molecule has 2 rings (SSSR count). The molecule has 34 heavy (non-hydrogen) atoms. The highest BCUT2D eigenvalue weighted by atomic mass is 32.1. The molecular weight excluding hydrogens is 514 g/mol. The zero-order chi connectivity index (χ0) is 25.9. The first kappa shape index (κ1) is 28.5. The van der Waals surface area contributed by atoms with Crippen molar-refractivity contribution in [3.8, 4) is 0 Å². The predicted octanol–water partition coefficient (Wildman–Crippen LogP) is -0.258. The van der Waals surface area contributed by atoms with Crippen LogP contribution in [0, 0.1) is 4.77 Å². The number of methoxy groups -OCH3 is 1. The Kier molecular flexibility index (Phi) is 9.17. The van der Waals surface area contributed by atoms with Crippen LogP contribution < -0.4 is 10.9 Å². The van der Waals surface area contributed by atoms with Gasteiger partial charge in [0.05, 0.1) is 25.9 Å². The average Bonchev–Trinajstić information content (AvgIpc) is 2.93. The van der Waals surface area contributed by atoms with Crippen LogP contribution in [0.25, 0.3) is 0 Å². The summed E-state index contributed by atoms with van der Waals surface area (Å²) in [4.78, 5) is 34.5.